The fourth-order valence-electron chi connectivity index (χ4n) is 0.734. The summed E-state index contributed by atoms with van der Waals surface area (Å²) < 4.78 is 4.99. The maximum atomic E-state index is 5.25. The summed E-state index contributed by atoms with van der Waals surface area (Å²) in [4.78, 5) is 0.939. The van der Waals surface area contributed by atoms with Crippen molar-refractivity contribution in [1.29, 1.82) is 0 Å². The molecule has 0 unspecified atom stereocenters. The van der Waals surface area contributed by atoms with E-state index in [2.05, 4.69) is 10.2 Å². The molecule has 2 aromatic heterocycles. The summed E-state index contributed by atoms with van der Waals surface area (Å²) in [6, 6.07) is 3.92. The van der Waals surface area contributed by atoms with Crippen molar-refractivity contribution in [2.24, 2.45) is 0 Å². The van der Waals surface area contributed by atoms with Crippen molar-refractivity contribution in [3.8, 4) is 10.8 Å². The highest BCUT2D eigenvalue weighted by atomic mass is 32.1. The molecule has 0 radical (unpaired) electrons. The number of aromatic nitrogens is 2. The van der Waals surface area contributed by atoms with Crippen LogP contribution in [0.2, 0.25) is 0 Å². The molecule has 4 nitrogen and oxygen atoms in total. The number of nitrogens with two attached hydrogens (primary N) is 1. The SMILES string of the molecule is Nc1nnc(-c2cccs2)o1. The Morgan fingerprint density at radius 2 is 2.36 bits per heavy atom. The van der Waals surface area contributed by atoms with E-state index in [9.17, 15) is 0 Å². The first-order chi connectivity index (χ1) is 5.36. The molecule has 11 heavy (non-hydrogen) atoms. The molecular formula is C6H5N3OS. The highest BCUT2D eigenvalue weighted by molar-refractivity contribution is 7.13. The van der Waals surface area contributed by atoms with Crippen LogP contribution in [0.5, 0.6) is 0 Å². The molecule has 2 N–H and O–H groups in total. The minimum absolute atomic E-state index is 0.105. The summed E-state index contributed by atoms with van der Waals surface area (Å²) in [5.74, 6) is 0.484. The molecule has 0 saturated carbocycles. The summed E-state index contributed by atoms with van der Waals surface area (Å²) in [7, 11) is 0. The van der Waals surface area contributed by atoms with Gasteiger partial charge in [0.05, 0.1) is 4.88 Å². The molecule has 2 rings (SSSR count). The van der Waals surface area contributed by atoms with Gasteiger partial charge in [0.25, 0.3) is 5.89 Å². The Balaban J connectivity index is 2.45. The number of nitrogens with zero attached hydrogens (tertiary/aromatic N) is 2. The van der Waals surface area contributed by atoms with Crippen LogP contribution in [0.1, 0.15) is 0 Å². The Morgan fingerprint density at radius 3 is 2.91 bits per heavy atom. The summed E-state index contributed by atoms with van der Waals surface area (Å²) in [5.41, 5.74) is 5.25. The van der Waals surface area contributed by atoms with Gasteiger partial charge in [0.2, 0.25) is 0 Å². The lowest BCUT2D eigenvalue weighted by atomic mass is 10.5. The molecule has 56 valence electrons. The van der Waals surface area contributed by atoms with E-state index >= 15 is 0 Å². The molecule has 0 saturated heterocycles. The summed E-state index contributed by atoms with van der Waals surface area (Å²) in [6.45, 7) is 0. The van der Waals surface area contributed by atoms with E-state index in [0.29, 0.717) is 5.89 Å². The Bertz CT molecular complexity index is 340. The van der Waals surface area contributed by atoms with Gasteiger partial charge in [-0.3, -0.25) is 0 Å². The number of hydrogen-bond acceptors (Lipinski definition) is 5. The lowest BCUT2D eigenvalue weighted by Gasteiger charge is -1.82. The van der Waals surface area contributed by atoms with E-state index in [1.807, 2.05) is 17.5 Å². The molecule has 0 amide bonds. The molecule has 2 aromatic rings. The van der Waals surface area contributed by atoms with E-state index in [0.717, 1.165) is 4.88 Å². The minimum atomic E-state index is 0.105. The first-order valence-corrected chi connectivity index (χ1v) is 3.87. The van der Waals surface area contributed by atoms with Crippen molar-refractivity contribution in [1.82, 2.24) is 10.2 Å². The van der Waals surface area contributed by atoms with Crippen LogP contribution in [0.4, 0.5) is 6.01 Å². The smallest absolute Gasteiger partial charge is 0.313 e. The average molecular weight is 167 g/mol. The second-order valence-corrected chi connectivity index (χ2v) is 2.87. The van der Waals surface area contributed by atoms with Crippen molar-refractivity contribution < 1.29 is 4.42 Å². The monoisotopic (exact) mass is 167 g/mol. The van der Waals surface area contributed by atoms with Crippen LogP contribution in [0.3, 0.4) is 0 Å². The van der Waals surface area contributed by atoms with Crippen LogP contribution in [-0.4, -0.2) is 10.2 Å². The van der Waals surface area contributed by atoms with Gasteiger partial charge in [-0.15, -0.1) is 16.4 Å². The first-order valence-electron chi connectivity index (χ1n) is 2.99. The third-order valence-electron chi connectivity index (χ3n) is 1.17. The van der Waals surface area contributed by atoms with Gasteiger partial charge in [0.15, 0.2) is 0 Å². The summed E-state index contributed by atoms with van der Waals surface area (Å²) in [6.07, 6.45) is 0. The largest absolute Gasteiger partial charge is 0.403 e. The van der Waals surface area contributed by atoms with Crippen LogP contribution in [-0.2, 0) is 0 Å². The Labute approximate surface area is 66.7 Å². The first kappa shape index (κ1) is 6.36. The third-order valence-corrected chi connectivity index (χ3v) is 2.03. The van der Waals surface area contributed by atoms with E-state index in [1.165, 1.54) is 11.3 Å². The van der Waals surface area contributed by atoms with Gasteiger partial charge in [-0.25, -0.2) is 0 Å². The number of anilines is 1. The maximum absolute atomic E-state index is 5.25. The predicted molar refractivity (Wildman–Crippen MR) is 42.0 cm³/mol. The molecule has 0 aliphatic rings. The fourth-order valence-corrected chi connectivity index (χ4v) is 1.38. The van der Waals surface area contributed by atoms with Crippen molar-refractivity contribution in [2.45, 2.75) is 0 Å². The van der Waals surface area contributed by atoms with E-state index in [-0.39, 0.29) is 6.01 Å². The molecule has 0 bridgehead atoms. The van der Waals surface area contributed by atoms with Gasteiger partial charge in [-0.2, -0.15) is 0 Å². The van der Waals surface area contributed by atoms with Gasteiger partial charge in [-0.05, 0) is 11.4 Å². The molecule has 0 aliphatic heterocycles. The summed E-state index contributed by atoms with van der Waals surface area (Å²) >= 11 is 1.54. The van der Waals surface area contributed by atoms with Gasteiger partial charge in [0, 0.05) is 0 Å². The van der Waals surface area contributed by atoms with Crippen LogP contribution < -0.4 is 5.73 Å². The molecular weight excluding hydrogens is 162 g/mol. The molecule has 0 spiro atoms. The average Bonchev–Trinajstić information content (AvgIpc) is 2.55. The van der Waals surface area contributed by atoms with E-state index in [4.69, 9.17) is 10.2 Å². The minimum Gasteiger partial charge on any atom is -0.403 e. The van der Waals surface area contributed by atoms with Gasteiger partial charge in [0.1, 0.15) is 0 Å². The van der Waals surface area contributed by atoms with Crippen molar-refractivity contribution in [3.05, 3.63) is 17.5 Å². The van der Waals surface area contributed by atoms with Crippen molar-refractivity contribution >= 4 is 17.4 Å². The normalized spacial score (nSPS) is 10.2. The number of rotatable bonds is 1. The standard InChI is InChI=1S/C6H5N3OS/c7-6-9-8-5(10-6)4-2-1-3-11-4/h1-3H,(H2,7,9). The van der Waals surface area contributed by atoms with Gasteiger partial charge in [-0.1, -0.05) is 11.2 Å². The Kier molecular flexibility index (Phi) is 1.36. The van der Waals surface area contributed by atoms with Crippen LogP contribution in [0.25, 0.3) is 10.8 Å². The zero-order chi connectivity index (χ0) is 7.68. The van der Waals surface area contributed by atoms with Crippen LogP contribution in [0.15, 0.2) is 21.9 Å². The molecule has 5 heteroatoms. The second kappa shape index (κ2) is 2.35. The third kappa shape index (κ3) is 1.10. The van der Waals surface area contributed by atoms with Gasteiger partial charge < -0.3 is 10.2 Å². The number of nitrogen functional groups attached to an aromatic ring is 1. The zero-order valence-electron chi connectivity index (χ0n) is 5.52. The number of hydrogen-bond donors (Lipinski definition) is 1. The van der Waals surface area contributed by atoms with Crippen LogP contribution in [0, 0.1) is 0 Å². The molecule has 0 atom stereocenters. The molecule has 0 aromatic carbocycles. The quantitative estimate of drug-likeness (QED) is 0.696. The maximum Gasteiger partial charge on any atom is 0.313 e. The molecule has 0 aliphatic carbocycles. The molecule has 2 heterocycles. The lowest BCUT2D eigenvalue weighted by Crippen LogP contribution is -1.81. The highest BCUT2D eigenvalue weighted by Crippen LogP contribution is 2.23. The van der Waals surface area contributed by atoms with Crippen molar-refractivity contribution in [3.63, 3.8) is 0 Å². The van der Waals surface area contributed by atoms with E-state index in [1.54, 1.807) is 0 Å². The van der Waals surface area contributed by atoms with Crippen LogP contribution >= 0.6 is 11.3 Å². The topological polar surface area (TPSA) is 64.9 Å². The fraction of sp³-hybridized carbons (Fsp3) is 0. The van der Waals surface area contributed by atoms with Crippen molar-refractivity contribution in [2.75, 3.05) is 5.73 Å². The summed E-state index contributed by atoms with van der Waals surface area (Å²) in [5, 5.41) is 9.21. The predicted octanol–water partition coefficient (Wildman–Crippen LogP) is 1.38. The Morgan fingerprint density at radius 1 is 1.45 bits per heavy atom. The van der Waals surface area contributed by atoms with E-state index < -0.39 is 0 Å². The highest BCUT2D eigenvalue weighted by Gasteiger charge is 2.05. The molecule has 0 fully saturated rings. The zero-order valence-corrected chi connectivity index (χ0v) is 6.34. The second-order valence-electron chi connectivity index (χ2n) is 1.92. The lowest BCUT2D eigenvalue weighted by molar-refractivity contribution is 0.592. The van der Waals surface area contributed by atoms with Gasteiger partial charge >= 0.3 is 6.01 Å². The number of thiophene rings is 1. The Hall–Kier alpha value is -1.36.